The summed E-state index contributed by atoms with van der Waals surface area (Å²) in [6.07, 6.45) is -3.26. The maximum absolute atomic E-state index is 14.2. The number of nitrogens with zero attached hydrogens (tertiary/aromatic N) is 1. The Hall–Kier alpha value is -4.41. The van der Waals surface area contributed by atoms with Gasteiger partial charge < -0.3 is 41.9 Å². The summed E-state index contributed by atoms with van der Waals surface area (Å²) in [6, 6.07) is 1.84. The standard InChI is InChI=1S/C39H60N6O10/c1-21(2)16-25-18-26(47)19-30(48)27(17-24-12-9-8-10-13-24)41-36(53)29-14-11-15-45(29)33(38(55)44-39(5,6)7)22(3)40-37(54)32(23(4)46)43-35(52)28(20-31(49)50)42-34(25)51/h8-10,12-13,21-23,25,27-30,32-33,46,48H,11,14-20H2,1-7H3,(H,40,54)(H,41,53)(H,42,51)(H,43,52)(H,44,55)(H,49,50)/t22-,23+,25+,27-,28-,29-,30-,32-,33-/m0/s1. The Balaban J connectivity index is 2.13. The Morgan fingerprint density at radius 1 is 0.909 bits per heavy atom. The van der Waals surface area contributed by atoms with Crippen LogP contribution in [0, 0.1) is 11.8 Å². The number of aliphatic hydroxyl groups is 2. The van der Waals surface area contributed by atoms with E-state index in [0.29, 0.717) is 19.4 Å². The highest BCUT2D eigenvalue weighted by Crippen LogP contribution is 2.25. The van der Waals surface area contributed by atoms with E-state index in [4.69, 9.17) is 0 Å². The number of carboxylic acid groups (broad SMARTS) is 1. The van der Waals surface area contributed by atoms with Crippen LogP contribution >= 0.6 is 0 Å². The zero-order valence-electron chi connectivity index (χ0n) is 33.0. The first kappa shape index (κ1) is 45.0. The van der Waals surface area contributed by atoms with Gasteiger partial charge in [0.1, 0.15) is 23.9 Å². The number of nitrogens with one attached hydrogen (secondary N) is 5. The number of hydrogen-bond acceptors (Lipinski definition) is 10. The van der Waals surface area contributed by atoms with E-state index < -0.39 is 114 Å². The molecule has 3 rings (SSSR count). The van der Waals surface area contributed by atoms with E-state index in [1.54, 1.807) is 32.6 Å². The lowest BCUT2D eigenvalue weighted by Gasteiger charge is -2.38. The molecule has 1 aromatic rings. The van der Waals surface area contributed by atoms with Gasteiger partial charge >= 0.3 is 5.97 Å². The molecule has 5 amide bonds. The number of carbonyl (C=O) groups excluding carboxylic acids is 6. The molecule has 2 heterocycles. The van der Waals surface area contributed by atoms with Crippen LogP contribution < -0.4 is 26.6 Å². The molecule has 2 saturated heterocycles. The van der Waals surface area contributed by atoms with Crippen molar-refractivity contribution in [1.82, 2.24) is 31.5 Å². The van der Waals surface area contributed by atoms with E-state index in [1.165, 1.54) is 6.92 Å². The number of hydrogen-bond donors (Lipinski definition) is 8. The molecule has 0 spiro atoms. The van der Waals surface area contributed by atoms with E-state index in [2.05, 4.69) is 26.6 Å². The average Bonchev–Trinajstić information content (AvgIpc) is 3.54. The smallest absolute Gasteiger partial charge is 0.305 e. The summed E-state index contributed by atoms with van der Waals surface area (Å²) < 4.78 is 0. The van der Waals surface area contributed by atoms with Gasteiger partial charge in [-0.25, -0.2) is 0 Å². The third-order valence-electron chi connectivity index (χ3n) is 9.77. The van der Waals surface area contributed by atoms with Gasteiger partial charge in [-0.3, -0.25) is 38.5 Å². The SMILES string of the molecule is CC(C)C[C@@H]1CC(=O)C[C@H](O)[C@H](Cc2ccccc2)NC(=O)[C@@H]2CCCN2[C@H](C(=O)NC(C)(C)C)[C@H](C)NC(=O)[C@H]([C@@H](C)O)NC(=O)[C@H](CC(=O)O)NC1=O. The van der Waals surface area contributed by atoms with E-state index in [-0.39, 0.29) is 25.2 Å². The molecular weight excluding hydrogens is 712 g/mol. The number of ketones is 1. The zero-order chi connectivity index (χ0) is 41.2. The lowest BCUT2D eigenvalue weighted by Crippen LogP contribution is -2.65. The van der Waals surface area contributed by atoms with E-state index in [1.807, 2.05) is 44.2 Å². The van der Waals surface area contributed by atoms with Crippen LogP contribution in [0.15, 0.2) is 30.3 Å². The molecule has 0 saturated carbocycles. The minimum Gasteiger partial charge on any atom is -0.481 e. The number of Topliss-reactive ketones (excluding diaryl/α,β-unsaturated/α-hetero) is 1. The quantitative estimate of drug-likeness (QED) is 0.177. The van der Waals surface area contributed by atoms with Gasteiger partial charge in [0, 0.05) is 24.3 Å². The summed E-state index contributed by atoms with van der Waals surface area (Å²) >= 11 is 0. The summed E-state index contributed by atoms with van der Waals surface area (Å²) in [4.78, 5) is 96.2. The highest BCUT2D eigenvalue weighted by atomic mass is 16.4. The molecule has 2 aliphatic heterocycles. The highest BCUT2D eigenvalue weighted by molar-refractivity contribution is 5.96. The van der Waals surface area contributed by atoms with Gasteiger partial charge in [-0.1, -0.05) is 44.2 Å². The fourth-order valence-electron chi connectivity index (χ4n) is 7.25. The molecule has 0 aromatic heterocycles. The predicted octanol–water partition coefficient (Wildman–Crippen LogP) is 0.178. The fourth-order valence-corrected chi connectivity index (χ4v) is 7.25. The lowest BCUT2D eigenvalue weighted by atomic mass is 9.88. The van der Waals surface area contributed by atoms with Gasteiger partial charge in [0.25, 0.3) is 0 Å². The van der Waals surface area contributed by atoms with Crippen molar-refractivity contribution in [2.24, 2.45) is 11.8 Å². The molecule has 0 aliphatic carbocycles. The topological polar surface area (TPSA) is 244 Å². The van der Waals surface area contributed by atoms with Crippen LogP contribution in [0.2, 0.25) is 0 Å². The minimum atomic E-state index is -1.68. The van der Waals surface area contributed by atoms with Crippen molar-refractivity contribution in [2.75, 3.05) is 6.54 Å². The number of benzene rings is 1. The molecule has 2 aliphatic rings. The number of fused-ring (bicyclic) bond motifs is 1. The van der Waals surface area contributed by atoms with Gasteiger partial charge in [0.05, 0.1) is 36.8 Å². The molecule has 16 nitrogen and oxygen atoms in total. The number of rotatable bonds is 8. The maximum Gasteiger partial charge on any atom is 0.305 e. The number of aliphatic carboxylic acids is 1. The van der Waals surface area contributed by atoms with Crippen molar-refractivity contribution < 1.29 is 48.9 Å². The first-order chi connectivity index (χ1) is 25.7. The second-order valence-electron chi connectivity index (χ2n) is 16.4. The molecule has 2 fully saturated rings. The van der Waals surface area contributed by atoms with Gasteiger partial charge in [0.15, 0.2) is 0 Å². The average molecular weight is 773 g/mol. The fraction of sp³-hybridized carbons (Fsp3) is 0.667. The largest absolute Gasteiger partial charge is 0.481 e. The Morgan fingerprint density at radius 3 is 2.15 bits per heavy atom. The summed E-state index contributed by atoms with van der Waals surface area (Å²) in [7, 11) is 0. The normalized spacial score (nSPS) is 28.9. The van der Waals surface area contributed by atoms with Crippen molar-refractivity contribution in [3.05, 3.63) is 35.9 Å². The number of carbonyl (C=O) groups is 7. The van der Waals surface area contributed by atoms with E-state index >= 15 is 0 Å². The van der Waals surface area contributed by atoms with Crippen LogP contribution in [0.25, 0.3) is 0 Å². The molecule has 16 heteroatoms. The summed E-state index contributed by atoms with van der Waals surface area (Å²) in [6.45, 7) is 12.1. The minimum absolute atomic E-state index is 0.0927. The third kappa shape index (κ3) is 13.7. The first-order valence-corrected chi connectivity index (χ1v) is 19.1. The number of carboxylic acids is 1. The molecule has 8 N–H and O–H groups in total. The monoisotopic (exact) mass is 772 g/mol. The Kier molecular flexibility index (Phi) is 16.3. The highest BCUT2D eigenvalue weighted by Gasteiger charge is 2.44. The lowest BCUT2D eigenvalue weighted by molar-refractivity contribution is -0.142. The molecule has 1 aromatic carbocycles. The summed E-state index contributed by atoms with van der Waals surface area (Å²) in [5.41, 5.74) is 0.0793. The van der Waals surface area contributed by atoms with Crippen LogP contribution in [0.4, 0.5) is 0 Å². The second kappa shape index (κ2) is 20.0. The van der Waals surface area contributed by atoms with Gasteiger partial charge in [0.2, 0.25) is 29.5 Å². The number of aliphatic hydroxyl groups excluding tert-OH is 2. The van der Waals surface area contributed by atoms with Gasteiger partial charge in [-0.15, -0.1) is 0 Å². The summed E-state index contributed by atoms with van der Waals surface area (Å²) in [5, 5.41) is 45.2. The molecule has 0 radical (unpaired) electrons. The van der Waals surface area contributed by atoms with E-state index in [9.17, 15) is 48.9 Å². The van der Waals surface area contributed by atoms with Crippen LogP contribution in [0.1, 0.15) is 92.6 Å². The maximum atomic E-state index is 14.2. The Labute approximate surface area is 322 Å². The van der Waals surface area contributed by atoms with Gasteiger partial charge in [-0.2, -0.15) is 0 Å². The van der Waals surface area contributed by atoms with Crippen molar-refractivity contribution in [2.45, 2.75) is 147 Å². The van der Waals surface area contributed by atoms with Crippen molar-refractivity contribution in [3.63, 3.8) is 0 Å². The van der Waals surface area contributed by atoms with Crippen LogP contribution in [-0.2, 0) is 40.0 Å². The molecule has 55 heavy (non-hydrogen) atoms. The predicted molar refractivity (Wildman–Crippen MR) is 202 cm³/mol. The molecule has 0 unspecified atom stereocenters. The summed E-state index contributed by atoms with van der Waals surface area (Å²) in [5.74, 6) is -6.73. The first-order valence-electron chi connectivity index (χ1n) is 19.1. The molecule has 9 atom stereocenters. The van der Waals surface area contributed by atoms with Crippen LogP contribution in [0.3, 0.4) is 0 Å². The molecule has 0 bridgehead atoms. The third-order valence-corrected chi connectivity index (χ3v) is 9.77. The molecular formula is C39H60N6O10. The van der Waals surface area contributed by atoms with Crippen molar-refractivity contribution in [3.8, 4) is 0 Å². The second-order valence-corrected chi connectivity index (χ2v) is 16.4. The van der Waals surface area contributed by atoms with Crippen LogP contribution in [0.5, 0.6) is 0 Å². The number of amides is 5. The van der Waals surface area contributed by atoms with Gasteiger partial charge in [-0.05, 0) is 78.3 Å². The Morgan fingerprint density at radius 2 is 1.56 bits per heavy atom. The zero-order valence-corrected chi connectivity index (χ0v) is 33.0. The molecule has 306 valence electrons. The van der Waals surface area contributed by atoms with E-state index in [0.717, 1.165) is 5.56 Å². The van der Waals surface area contributed by atoms with Crippen molar-refractivity contribution >= 4 is 41.3 Å². The van der Waals surface area contributed by atoms with Crippen LogP contribution in [-0.4, -0.2) is 122 Å². The van der Waals surface area contributed by atoms with Crippen molar-refractivity contribution in [1.29, 1.82) is 0 Å². The Bertz CT molecular complexity index is 1530.